The molecular weight excluding hydrogens is 132 g/mol. The van der Waals surface area contributed by atoms with E-state index in [1.165, 1.54) is 19.3 Å². The molecule has 0 amide bonds. The Hall–Kier alpha value is 0. The summed E-state index contributed by atoms with van der Waals surface area (Å²) in [7, 11) is 0. The highest BCUT2D eigenvalue weighted by Crippen LogP contribution is 2.65. The van der Waals surface area contributed by atoms with Crippen molar-refractivity contribution >= 4 is 0 Å². The quantitative estimate of drug-likeness (QED) is 0.498. The fourth-order valence-electron chi connectivity index (χ4n) is 3.55. The highest BCUT2D eigenvalue weighted by atomic mass is 14.6. The summed E-state index contributed by atoms with van der Waals surface area (Å²) in [5.74, 6) is 2.06. The second-order valence-corrected chi connectivity index (χ2v) is 5.83. The van der Waals surface area contributed by atoms with Crippen LogP contribution in [0.2, 0.25) is 0 Å². The molecule has 3 aliphatic rings. The highest BCUT2D eigenvalue weighted by molar-refractivity contribution is 5.06. The molecule has 0 nitrogen and oxygen atoms in total. The maximum absolute atomic E-state index is 2.47. The predicted octanol–water partition coefficient (Wildman–Crippen LogP) is 3.47. The fraction of sp³-hybridized carbons (Fsp3) is 1.00. The largest absolute Gasteiger partial charge is 0.0596 e. The Morgan fingerprint density at radius 2 is 1.73 bits per heavy atom. The number of rotatable bonds is 0. The van der Waals surface area contributed by atoms with Gasteiger partial charge in [-0.05, 0) is 41.9 Å². The lowest BCUT2D eigenvalue weighted by Gasteiger charge is -2.63. The van der Waals surface area contributed by atoms with Crippen molar-refractivity contribution in [1.82, 2.24) is 0 Å². The van der Waals surface area contributed by atoms with Crippen LogP contribution in [0.1, 0.15) is 47.0 Å². The zero-order chi connectivity index (χ0) is 8.28. The average molecular weight is 152 g/mol. The smallest absolute Gasteiger partial charge is 0.0292 e. The molecule has 0 unspecified atom stereocenters. The third-order valence-corrected chi connectivity index (χ3v) is 4.55. The maximum atomic E-state index is 2.47. The van der Waals surface area contributed by atoms with Gasteiger partial charge in [0.05, 0.1) is 0 Å². The molecule has 0 heteroatoms. The van der Waals surface area contributed by atoms with Crippen LogP contribution in [-0.4, -0.2) is 0 Å². The molecule has 3 rings (SSSR count). The van der Waals surface area contributed by atoms with E-state index in [0.29, 0.717) is 10.8 Å². The van der Waals surface area contributed by atoms with Crippen LogP contribution in [0.25, 0.3) is 0 Å². The fourth-order valence-corrected chi connectivity index (χ4v) is 3.55. The summed E-state index contributed by atoms with van der Waals surface area (Å²) < 4.78 is 0. The molecule has 0 aromatic carbocycles. The Morgan fingerprint density at radius 1 is 1.09 bits per heavy atom. The third-order valence-electron chi connectivity index (χ3n) is 4.55. The molecule has 0 radical (unpaired) electrons. The number of hydrogen-bond donors (Lipinski definition) is 0. The Morgan fingerprint density at radius 3 is 2.00 bits per heavy atom. The van der Waals surface area contributed by atoms with Gasteiger partial charge in [0.1, 0.15) is 0 Å². The molecule has 2 atom stereocenters. The van der Waals surface area contributed by atoms with Crippen molar-refractivity contribution in [2.24, 2.45) is 22.7 Å². The van der Waals surface area contributed by atoms with E-state index in [-0.39, 0.29) is 0 Å². The second kappa shape index (κ2) is 1.84. The van der Waals surface area contributed by atoms with Crippen molar-refractivity contribution in [3.63, 3.8) is 0 Å². The molecule has 0 aromatic rings. The lowest BCUT2D eigenvalue weighted by Crippen LogP contribution is -2.55. The van der Waals surface area contributed by atoms with Crippen LogP contribution in [0.5, 0.6) is 0 Å². The minimum Gasteiger partial charge on any atom is -0.0596 e. The van der Waals surface area contributed by atoms with E-state index in [1.54, 1.807) is 0 Å². The molecule has 0 aromatic heterocycles. The summed E-state index contributed by atoms with van der Waals surface area (Å²) in [5, 5.41) is 0. The monoisotopic (exact) mass is 152 g/mol. The summed E-state index contributed by atoms with van der Waals surface area (Å²) in [6, 6.07) is 0. The van der Waals surface area contributed by atoms with Gasteiger partial charge in [0.25, 0.3) is 0 Å². The molecule has 11 heavy (non-hydrogen) atoms. The van der Waals surface area contributed by atoms with Gasteiger partial charge < -0.3 is 0 Å². The molecule has 3 saturated carbocycles. The van der Waals surface area contributed by atoms with Gasteiger partial charge in [0.15, 0.2) is 0 Å². The van der Waals surface area contributed by atoms with Crippen LogP contribution in [0, 0.1) is 22.7 Å². The van der Waals surface area contributed by atoms with E-state index in [2.05, 4.69) is 27.7 Å². The molecule has 3 aliphatic carbocycles. The number of fused-ring (bicyclic) bond motifs is 2. The van der Waals surface area contributed by atoms with Crippen molar-refractivity contribution in [3.8, 4) is 0 Å². The van der Waals surface area contributed by atoms with Gasteiger partial charge in [-0.25, -0.2) is 0 Å². The van der Waals surface area contributed by atoms with E-state index >= 15 is 0 Å². The number of hydrogen-bond acceptors (Lipinski definition) is 0. The second-order valence-electron chi connectivity index (χ2n) is 5.83. The van der Waals surface area contributed by atoms with Crippen molar-refractivity contribution in [1.29, 1.82) is 0 Å². The molecule has 3 fully saturated rings. The van der Waals surface area contributed by atoms with Gasteiger partial charge in [0.2, 0.25) is 0 Å². The van der Waals surface area contributed by atoms with E-state index in [9.17, 15) is 0 Å². The Bertz CT molecular complexity index is 166. The lowest BCUT2D eigenvalue weighted by atomic mass is 9.41. The first kappa shape index (κ1) is 7.64. The first-order valence-corrected chi connectivity index (χ1v) is 4.94. The van der Waals surface area contributed by atoms with Crippen molar-refractivity contribution in [3.05, 3.63) is 0 Å². The van der Waals surface area contributed by atoms with Crippen LogP contribution in [0.3, 0.4) is 0 Å². The molecule has 0 aliphatic heterocycles. The lowest BCUT2D eigenvalue weighted by molar-refractivity contribution is -0.142. The molecule has 64 valence electrons. The standard InChI is InChI=1S/C11H20/c1-10(2)6-5-8-7-9(10)11(8,3)4/h8-9H,5-7H2,1-4H3/t8-,9-/m0/s1. The zero-order valence-electron chi connectivity index (χ0n) is 8.28. The zero-order valence-corrected chi connectivity index (χ0v) is 8.28. The Labute approximate surface area is 70.4 Å². The van der Waals surface area contributed by atoms with E-state index < -0.39 is 0 Å². The molecule has 0 heterocycles. The van der Waals surface area contributed by atoms with Crippen LogP contribution in [0.4, 0.5) is 0 Å². The van der Waals surface area contributed by atoms with Gasteiger partial charge in [-0.3, -0.25) is 0 Å². The molecule has 0 N–H and O–H groups in total. The molecular formula is C11H20. The van der Waals surface area contributed by atoms with Crippen LogP contribution in [-0.2, 0) is 0 Å². The SMILES string of the molecule is CC1(C)CC[C@H]2C[C@@H]1C2(C)C. The maximum Gasteiger partial charge on any atom is -0.0292 e. The van der Waals surface area contributed by atoms with E-state index in [4.69, 9.17) is 0 Å². The van der Waals surface area contributed by atoms with Crippen LogP contribution < -0.4 is 0 Å². The summed E-state index contributed by atoms with van der Waals surface area (Å²) in [4.78, 5) is 0. The Balaban J connectivity index is 2.23. The van der Waals surface area contributed by atoms with E-state index in [0.717, 1.165) is 11.8 Å². The summed E-state index contributed by atoms with van der Waals surface area (Å²) in [6.45, 7) is 9.84. The van der Waals surface area contributed by atoms with Crippen molar-refractivity contribution in [2.75, 3.05) is 0 Å². The minimum atomic E-state index is 0.637. The van der Waals surface area contributed by atoms with Gasteiger partial charge in [0, 0.05) is 0 Å². The molecule has 0 saturated heterocycles. The topological polar surface area (TPSA) is 0 Å². The molecule has 2 bridgehead atoms. The van der Waals surface area contributed by atoms with E-state index in [1.807, 2.05) is 0 Å². The van der Waals surface area contributed by atoms with Crippen LogP contribution in [0.15, 0.2) is 0 Å². The van der Waals surface area contributed by atoms with Gasteiger partial charge in [-0.15, -0.1) is 0 Å². The Kier molecular flexibility index (Phi) is 1.28. The summed E-state index contributed by atoms with van der Waals surface area (Å²) >= 11 is 0. The summed E-state index contributed by atoms with van der Waals surface area (Å²) in [5.41, 5.74) is 1.31. The highest BCUT2D eigenvalue weighted by Gasteiger charge is 2.57. The first-order chi connectivity index (χ1) is 4.94. The van der Waals surface area contributed by atoms with Gasteiger partial charge in [-0.1, -0.05) is 27.7 Å². The van der Waals surface area contributed by atoms with Crippen LogP contribution >= 0.6 is 0 Å². The third kappa shape index (κ3) is 0.816. The average Bonchev–Trinajstić information content (AvgIpc) is 1.84. The minimum absolute atomic E-state index is 0.637. The van der Waals surface area contributed by atoms with Crippen molar-refractivity contribution < 1.29 is 0 Å². The summed E-state index contributed by atoms with van der Waals surface area (Å²) in [6.07, 6.45) is 4.46. The van der Waals surface area contributed by atoms with Gasteiger partial charge >= 0.3 is 0 Å². The normalized spacial score (nSPS) is 44.7. The predicted molar refractivity (Wildman–Crippen MR) is 48.4 cm³/mol. The van der Waals surface area contributed by atoms with Gasteiger partial charge in [-0.2, -0.15) is 0 Å². The van der Waals surface area contributed by atoms with Crippen molar-refractivity contribution in [2.45, 2.75) is 47.0 Å². The first-order valence-electron chi connectivity index (χ1n) is 4.94. The molecule has 0 spiro atoms.